The summed E-state index contributed by atoms with van der Waals surface area (Å²) < 4.78 is 0. The quantitative estimate of drug-likeness (QED) is 0.432. The maximum atomic E-state index is 11.1. The van der Waals surface area contributed by atoms with Gasteiger partial charge in [-0.1, -0.05) is 26.9 Å². The van der Waals surface area contributed by atoms with E-state index in [2.05, 4.69) is 18.4 Å². The fourth-order valence-electron chi connectivity index (χ4n) is 0.924. The van der Waals surface area contributed by atoms with Crippen molar-refractivity contribution in [1.29, 1.82) is 0 Å². The van der Waals surface area contributed by atoms with Crippen molar-refractivity contribution in [3.63, 3.8) is 0 Å². The second-order valence-electron chi connectivity index (χ2n) is 4.27. The fraction of sp³-hybridized carbons (Fsp3) is 0.889. The van der Waals surface area contributed by atoms with Gasteiger partial charge in [-0.3, -0.25) is 4.79 Å². The highest BCUT2D eigenvalue weighted by Crippen LogP contribution is 2.15. The lowest BCUT2D eigenvalue weighted by molar-refractivity contribution is -0.123. The molecular weight excluding hydrogens is 202 g/mol. The van der Waals surface area contributed by atoms with Crippen LogP contribution in [-0.2, 0) is 4.79 Å². The second kappa shape index (κ2) is 5.65. The van der Waals surface area contributed by atoms with Crippen molar-refractivity contribution in [3.8, 4) is 0 Å². The minimum absolute atomic E-state index is 0.0845. The Morgan fingerprint density at radius 3 is 2.38 bits per heavy atom. The molecule has 0 aromatic carbocycles. The van der Waals surface area contributed by atoms with E-state index >= 15 is 0 Å². The summed E-state index contributed by atoms with van der Waals surface area (Å²) >= 11 is 6.14. The van der Waals surface area contributed by atoms with Gasteiger partial charge >= 0.3 is 0 Å². The molecule has 1 N–H and O–H groups in total. The number of nitrogens with one attached hydrogen (secondary N) is 1. The minimum atomic E-state index is -1.44. The second-order valence-corrected chi connectivity index (χ2v) is 11.3. The molecule has 0 bridgehead atoms. The van der Waals surface area contributed by atoms with Crippen LogP contribution in [0.3, 0.4) is 0 Å². The number of amides is 1. The Morgan fingerprint density at radius 2 is 2.00 bits per heavy atom. The lowest BCUT2D eigenvalue weighted by Crippen LogP contribution is -2.29. The van der Waals surface area contributed by atoms with Crippen molar-refractivity contribution in [1.82, 2.24) is 5.32 Å². The van der Waals surface area contributed by atoms with E-state index in [4.69, 9.17) is 11.1 Å². The van der Waals surface area contributed by atoms with Crippen LogP contribution in [0.5, 0.6) is 0 Å². The summed E-state index contributed by atoms with van der Waals surface area (Å²) in [5, 5.41) is 2.88. The van der Waals surface area contributed by atoms with E-state index in [0.29, 0.717) is 0 Å². The van der Waals surface area contributed by atoms with Gasteiger partial charge in [0, 0.05) is 12.5 Å². The van der Waals surface area contributed by atoms with Gasteiger partial charge in [-0.2, -0.15) is 11.1 Å². The predicted octanol–water partition coefficient (Wildman–Crippen LogP) is 2.59. The zero-order valence-electron chi connectivity index (χ0n) is 8.98. The third-order valence-electron chi connectivity index (χ3n) is 1.77. The third kappa shape index (κ3) is 8.31. The van der Waals surface area contributed by atoms with Crippen LogP contribution in [0.4, 0.5) is 0 Å². The molecule has 0 heterocycles. The molecular formula is C9H20ClNOSi. The summed E-state index contributed by atoms with van der Waals surface area (Å²) in [5.41, 5.74) is 0. The van der Waals surface area contributed by atoms with Gasteiger partial charge in [0.25, 0.3) is 0 Å². The first-order valence-electron chi connectivity index (χ1n) is 4.79. The normalized spacial score (nSPS) is 11.8. The molecule has 0 rings (SSSR count). The summed E-state index contributed by atoms with van der Waals surface area (Å²) in [6.07, 6.45) is 1.00. The van der Waals surface area contributed by atoms with Gasteiger partial charge in [-0.05, 0) is 12.5 Å². The molecule has 0 fully saturated rings. The number of hydrogen-bond acceptors (Lipinski definition) is 1. The molecule has 0 aliphatic rings. The molecule has 0 radical (unpaired) electrons. The molecule has 0 unspecified atom stereocenters. The monoisotopic (exact) mass is 221 g/mol. The van der Waals surface area contributed by atoms with Crippen molar-refractivity contribution in [2.75, 3.05) is 6.54 Å². The Hall–Kier alpha value is -0.0231. The summed E-state index contributed by atoms with van der Waals surface area (Å²) in [4.78, 5) is 11.1. The fourth-order valence-corrected chi connectivity index (χ4v) is 2.34. The van der Waals surface area contributed by atoms with Gasteiger partial charge in [-0.25, -0.2) is 0 Å². The molecule has 4 heteroatoms. The van der Waals surface area contributed by atoms with Crippen molar-refractivity contribution in [3.05, 3.63) is 0 Å². The topological polar surface area (TPSA) is 29.1 Å². The Labute approximate surface area is 86.8 Å². The molecule has 0 saturated heterocycles. The molecule has 0 atom stereocenters. The summed E-state index contributed by atoms with van der Waals surface area (Å²) in [6.45, 7) is 8.81. The van der Waals surface area contributed by atoms with E-state index in [9.17, 15) is 4.79 Å². The summed E-state index contributed by atoms with van der Waals surface area (Å²) in [7, 11) is -1.44. The zero-order valence-corrected chi connectivity index (χ0v) is 10.7. The van der Waals surface area contributed by atoms with E-state index in [1.165, 1.54) is 0 Å². The van der Waals surface area contributed by atoms with Crippen LogP contribution >= 0.6 is 11.1 Å². The number of rotatable bonds is 5. The van der Waals surface area contributed by atoms with Crippen LogP contribution in [-0.4, -0.2) is 19.8 Å². The first-order chi connectivity index (χ1) is 5.83. The maximum Gasteiger partial charge on any atom is 0.222 e. The van der Waals surface area contributed by atoms with Crippen LogP contribution < -0.4 is 5.32 Å². The van der Waals surface area contributed by atoms with Crippen molar-refractivity contribution < 1.29 is 4.79 Å². The average molecular weight is 222 g/mol. The van der Waals surface area contributed by atoms with E-state index in [1.54, 1.807) is 0 Å². The number of hydrogen-bond donors (Lipinski definition) is 1. The van der Waals surface area contributed by atoms with Crippen LogP contribution in [0.1, 0.15) is 20.3 Å². The highest BCUT2D eigenvalue weighted by atomic mass is 35.6. The molecule has 0 spiro atoms. The van der Waals surface area contributed by atoms with E-state index < -0.39 is 7.38 Å². The molecule has 0 saturated carbocycles. The van der Waals surface area contributed by atoms with E-state index in [1.807, 2.05) is 13.8 Å². The van der Waals surface area contributed by atoms with Crippen LogP contribution in [0.2, 0.25) is 19.1 Å². The first kappa shape index (κ1) is 13.0. The van der Waals surface area contributed by atoms with Crippen molar-refractivity contribution in [2.45, 2.75) is 39.4 Å². The lowest BCUT2D eigenvalue weighted by atomic mass is 10.2. The van der Waals surface area contributed by atoms with E-state index in [0.717, 1.165) is 19.0 Å². The zero-order chi connectivity index (χ0) is 10.5. The third-order valence-corrected chi connectivity index (χ3v) is 3.88. The maximum absolute atomic E-state index is 11.1. The van der Waals surface area contributed by atoms with Gasteiger partial charge in [0.1, 0.15) is 0 Å². The largest absolute Gasteiger partial charge is 0.356 e. The van der Waals surface area contributed by atoms with Crippen molar-refractivity contribution >= 4 is 24.4 Å². The van der Waals surface area contributed by atoms with Gasteiger partial charge in [0.05, 0.1) is 0 Å². The highest BCUT2D eigenvalue weighted by molar-refractivity contribution is 7.19. The molecule has 13 heavy (non-hydrogen) atoms. The minimum Gasteiger partial charge on any atom is -0.356 e. The number of carbonyl (C=O) groups is 1. The van der Waals surface area contributed by atoms with E-state index in [-0.39, 0.29) is 11.8 Å². The molecule has 0 aliphatic carbocycles. The highest BCUT2D eigenvalue weighted by Gasteiger charge is 2.15. The predicted molar refractivity (Wildman–Crippen MR) is 60.6 cm³/mol. The summed E-state index contributed by atoms with van der Waals surface area (Å²) in [5.74, 6) is 0.218. The SMILES string of the molecule is CC(C)C(=O)NCCC[Si](C)(C)Cl. The molecule has 1 amide bonds. The van der Waals surface area contributed by atoms with Crippen LogP contribution in [0.15, 0.2) is 0 Å². The van der Waals surface area contributed by atoms with Crippen LogP contribution in [0.25, 0.3) is 0 Å². The number of halogens is 1. The molecule has 78 valence electrons. The lowest BCUT2D eigenvalue weighted by Gasteiger charge is -2.13. The average Bonchev–Trinajstić information content (AvgIpc) is 1.95. The van der Waals surface area contributed by atoms with Crippen LogP contribution in [0, 0.1) is 5.92 Å². The molecule has 0 aromatic rings. The smallest absolute Gasteiger partial charge is 0.222 e. The Kier molecular flexibility index (Phi) is 5.64. The van der Waals surface area contributed by atoms with Gasteiger partial charge in [-0.15, -0.1) is 0 Å². The molecule has 0 aromatic heterocycles. The Bertz CT molecular complexity index is 165. The number of carbonyl (C=O) groups excluding carboxylic acids is 1. The summed E-state index contributed by atoms with van der Waals surface area (Å²) in [6, 6.07) is 1.06. The van der Waals surface area contributed by atoms with Crippen molar-refractivity contribution in [2.24, 2.45) is 5.92 Å². The standard InChI is InChI=1S/C9H20ClNOSi/c1-8(2)9(12)11-6-5-7-13(3,4)10/h8H,5-7H2,1-4H3,(H,11,12). The Morgan fingerprint density at radius 1 is 1.46 bits per heavy atom. The first-order valence-corrected chi connectivity index (χ1v) is 9.01. The van der Waals surface area contributed by atoms with Gasteiger partial charge in [0.15, 0.2) is 7.38 Å². The van der Waals surface area contributed by atoms with Gasteiger partial charge in [0.2, 0.25) is 5.91 Å². The Balaban J connectivity index is 3.42. The molecule has 2 nitrogen and oxygen atoms in total. The van der Waals surface area contributed by atoms with Gasteiger partial charge < -0.3 is 5.32 Å². The molecule has 0 aliphatic heterocycles.